The Hall–Kier alpha value is -0.820. The van der Waals surface area contributed by atoms with Gasteiger partial charge in [0.25, 0.3) is 0 Å². The third kappa shape index (κ3) is 2.15. The van der Waals surface area contributed by atoms with Crippen molar-refractivity contribution >= 4 is 0 Å². The van der Waals surface area contributed by atoms with Crippen molar-refractivity contribution in [1.82, 2.24) is 5.32 Å². The summed E-state index contributed by atoms with van der Waals surface area (Å²) >= 11 is 0. The SMILES string of the molecule is c1ccc(CC2CCC3NCCC3C2)cc1. The molecule has 1 aromatic rings. The van der Waals surface area contributed by atoms with Crippen molar-refractivity contribution in [2.45, 2.75) is 38.1 Å². The molecule has 0 spiro atoms. The van der Waals surface area contributed by atoms with E-state index in [1.165, 1.54) is 44.2 Å². The van der Waals surface area contributed by atoms with Crippen LogP contribution in [0.2, 0.25) is 0 Å². The molecule has 0 aromatic heterocycles. The molecule has 1 saturated heterocycles. The maximum atomic E-state index is 3.64. The van der Waals surface area contributed by atoms with Gasteiger partial charge in [-0.05, 0) is 56.0 Å². The van der Waals surface area contributed by atoms with Gasteiger partial charge in [0.1, 0.15) is 0 Å². The van der Waals surface area contributed by atoms with Crippen LogP contribution in [0.5, 0.6) is 0 Å². The zero-order valence-electron chi connectivity index (χ0n) is 9.86. The average molecular weight is 215 g/mol. The summed E-state index contributed by atoms with van der Waals surface area (Å²) < 4.78 is 0. The highest BCUT2D eigenvalue weighted by Crippen LogP contribution is 2.35. The molecule has 2 aliphatic rings. The summed E-state index contributed by atoms with van der Waals surface area (Å²) in [6.45, 7) is 1.26. The minimum absolute atomic E-state index is 0.854. The molecule has 1 saturated carbocycles. The van der Waals surface area contributed by atoms with Crippen LogP contribution >= 0.6 is 0 Å². The summed E-state index contributed by atoms with van der Waals surface area (Å²) in [5.74, 6) is 1.91. The van der Waals surface area contributed by atoms with Gasteiger partial charge < -0.3 is 5.32 Å². The third-order valence-corrected chi connectivity index (χ3v) is 4.38. The molecule has 0 amide bonds. The van der Waals surface area contributed by atoms with Crippen LogP contribution < -0.4 is 5.32 Å². The molecule has 1 aromatic carbocycles. The summed E-state index contributed by atoms with van der Waals surface area (Å²) in [5.41, 5.74) is 1.52. The highest BCUT2D eigenvalue weighted by atomic mass is 15.0. The Labute approximate surface area is 98.3 Å². The largest absolute Gasteiger partial charge is 0.314 e. The molecule has 0 bridgehead atoms. The van der Waals surface area contributed by atoms with Crippen LogP contribution in [0.1, 0.15) is 31.2 Å². The van der Waals surface area contributed by atoms with E-state index in [0.29, 0.717) is 0 Å². The minimum atomic E-state index is 0.854. The first-order valence-electron chi connectivity index (χ1n) is 6.69. The molecule has 3 unspecified atom stereocenters. The Kier molecular flexibility index (Phi) is 2.96. The number of hydrogen-bond acceptors (Lipinski definition) is 1. The molecule has 2 fully saturated rings. The summed E-state index contributed by atoms with van der Waals surface area (Å²) in [6.07, 6.45) is 6.98. The van der Waals surface area contributed by atoms with E-state index < -0.39 is 0 Å². The third-order valence-electron chi connectivity index (χ3n) is 4.38. The second-order valence-corrected chi connectivity index (χ2v) is 5.48. The summed E-state index contributed by atoms with van der Waals surface area (Å²) in [6, 6.07) is 11.8. The Morgan fingerprint density at radius 2 is 1.94 bits per heavy atom. The van der Waals surface area contributed by atoms with Gasteiger partial charge >= 0.3 is 0 Å². The van der Waals surface area contributed by atoms with E-state index in [1.54, 1.807) is 0 Å². The Morgan fingerprint density at radius 3 is 2.81 bits per heavy atom. The first kappa shape index (κ1) is 10.3. The minimum Gasteiger partial charge on any atom is -0.314 e. The summed E-state index contributed by atoms with van der Waals surface area (Å²) in [7, 11) is 0. The predicted molar refractivity (Wildman–Crippen MR) is 67.4 cm³/mol. The van der Waals surface area contributed by atoms with Crippen molar-refractivity contribution in [3.05, 3.63) is 35.9 Å². The molecular weight excluding hydrogens is 194 g/mol. The molecule has 1 N–H and O–H groups in total. The Balaban J connectivity index is 1.60. The molecule has 0 radical (unpaired) electrons. The molecular formula is C15H21N. The van der Waals surface area contributed by atoms with Gasteiger partial charge in [-0.1, -0.05) is 30.3 Å². The fourth-order valence-corrected chi connectivity index (χ4v) is 3.54. The standard InChI is InChI=1S/C15H21N/c1-2-4-12(5-3-1)10-13-6-7-15-14(11-13)8-9-16-15/h1-5,13-16H,6-11H2. The van der Waals surface area contributed by atoms with Gasteiger partial charge in [0.15, 0.2) is 0 Å². The van der Waals surface area contributed by atoms with E-state index in [2.05, 4.69) is 35.6 Å². The molecule has 1 heterocycles. The smallest absolute Gasteiger partial charge is 0.00960 e. The number of rotatable bonds is 2. The van der Waals surface area contributed by atoms with Crippen molar-refractivity contribution in [2.75, 3.05) is 6.54 Å². The van der Waals surface area contributed by atoms with Crippen LogP contribution in [-0.2, 0) is 6.42 Å². The van der Waals surface area contributed by atoms with Gasteiger partial charge in [-0.2, -0.15) is 0 Å². The maximum absolute atomic E-state index is 3.64. The zero-order chi connectivity index (χ0) is 10.8. The van der Waals surface area contributed by atoms with Gasteiger partial charge in [0, 0.05) is 6.04 Å². The molecule has 1 nitrogen and oxygen atoms in total. The fourth-order valence-electron chi connectivity index (χ4n) is 3.54. The van der Waals surface area contributed by atoms with E-state index in [9.17, 15) is 0 Å². The molecule has 1 aliphatic carbocycles. The second kappa shape index (κ2) is 4.58. The van der Waals surface area contributed by atoms with Crippen LogP contribution in [0.3, 0.4) is 0 Å². The lowest BCUT2D eigenvalue weighted by molar-refractivity contribution is 0.244. The first-order valence-corrected chi connectivity index (χ1v) is 6.69. The van der Waals surface area contributed by atoms with Crippen molar-refractivity contribution in [3.63, 3.8) is 0 Å². The molecule has 16 heavy (non-hydrogen) atoms. The van der Waals surface area contributed by atoms with Gasteiger partial charge in [-0.3, -0.25) is 0 Å². The maximum Gasteiger partial charge on any atom is 0.00960 e. The van der Waals surface area contributed by atoms with Crippen molar-refractivity contribution < 1.29 is 0 Å². The Morgan fingerprint density at radius 1 is 1.06 bits per heavy atom. The molecule has 3 atom stereocenters. The van der Waals surface area contributed by atoms with Gasteiger partial charge in [-0.25, -0.2) is 0 Å². The molecule has 3 rings (SSSR count). The van der Waals surface area contributed by atoms with E-state index >= 15 is 0 Å². The number of benzene rings is 1. The molecule has 1 aliphatic heterocycles. The average Bonchev–Trinajstić information content (AvgIpc) is 2.77. The van der Waals surface area contributed by atoms with Gasteiger partial charge in [0.2, 0.25) is 0 Å². The highest BCUT2D eigenvalue weighted by Gasteiger charge is 2.33. The van der Waals surface area contributed by atoms with Crippen molar-refractivity contribution in [1.29, 1.82) is 0 Å². The number of fused-ring (bicyclic) bond motifs is 1. The quantitative estimate of drug-likeness (QED) is 0.799. The Bertz CT molecular complexity index is 333. The molecule has 86 valence electrons. The zero-order valence-corrected chi connectivity index (χ0v) is 9.86. The van der Waals surface area contributed by atoms with E-state index in [-0.39, 0.29) is 0 Å². The van der Waals surface area contributed by atoms with Crippen LogP contribution in [0, 0.1) is 11.8 Å². The lowest BCUT2D eigenvalue weighted by Gasteiger charge is -2.31. The number of hydrogen-bond donors (Lipinski definition) is 1. The van der Waals surface area contributed by atoms with Gasteiger partial charge in [-0.15, -0.1) is 0 Å². The molecule has 1 heteroatoms. The lowest BCUT2D eigenvalue weighted by atomic mass is 9.76. The summed E-state index contributed by atoms with van der Waals surface area (Å²) in [5, 5.41) is 3.64. The van der Waals surface area contributed by atoms with Crippen LogP contribution in [-0.4, -0.2) is 12.6 Å². The lowest BCUT2D eigenvalue weighted by Crippen LogP contribution is -2.33. The highest BCUT2D eigenvalue weighted by molar-refractivity contribution is 5.15. The van der Waals surface area contributed by atoms with E-state index in [0.717, 1.165) is 17.9 Å². The predicted octanol–water partition coefficient (Wildman–Crippen LogP) is 3.01. The number of nitrogens with one attached hydrogen (secondary N) is 1. The monoisotopic (exact) mass is 215 g/mol. The topological polar surface area (TPSA) is 12.0 Å². The normalized spacial score (nSPS) is 33.6. The van der Waals surface area contributed by atoms with Crippen LogP contribution in [0.25, 0.3) is 0 Å². The van der Waals surface area contributed by atoms with Crippen LogP contribution in [0.4, 0.5) is 0 Å². The first-order chi connectivity index (χ1) is 7.92. The van der Waals surface area contributed by atoms with E-state index in [1.807, 2.05) is 0 Å². The van der Waals surface area contributed by atoms with Crippen LogP contribution in [0.15, 0.2) is 30.3 Å². The second-order valence-electron chi connectivity index (χ2n) is 5.48. The fraction of sp³-hybridized carbons (Fsp3) is 0.600. The van der Waals surface area contributed by atoms with Crippen molar-refractivity contribution in [3.8, 4) is 0 Å². The van der Waals surface area contributed by atoms with E-state index in [4.69, 9.17) is 0 Å². The summed E-state index contributed by atoms with van der Waals surface area (Å²) in [4.78, 5) is 0. The van der Waals surface area contributed by atoms with Gasteiger partial charge in [0.05, 0.1) is 0 Å². The van der Waals surface area contributed by atoms with Crippen molar-refractivity contribution in [2.24, 2.45) is 11.8 Å².